The molecular weight excluding hydrogens is 346 g/mol. The van der Waals surface area contributed by atoms with Crippen LogP contribution in [0.3, 0.4) is 0 Å². The van der Waals surface area contributed by atoms with Crippen LogP contribution >= 0.6 is 0 Å². The number of aromatic nitrogens is 3. The first-order valence-corrected chi connectivity index (χ1v) is 9.08. The first-order chi connectivity index (χ1) is 13.0. The highest BCUT2D eigenvalue weighted by Gasteiger charge is 2.21. The van der Waals surface area contributed by atoms with Crippen molar-refractivity contribution in [3.05, 3.63) is 36.2 Å². The summed E-state index contributed by atoms with van der Waals surface area (Å²) in [6.45, 7) is 6.58. The van der Waals surface area contributed by atoms with Gasteiger partial charge in [-0.25, -0.2) is 4.79 Å². The number of carbonyl (C=O) groups excluding carboxylic acids is 2. The predicted octanol–water partition coefficient (Wildman–Crippen LogP) is 1.40. The van der Waals surface area contributed by atoms with E-state index < -0.39 is 0 Å². The summed E-state index contributed by atoms with van der Waals surface area (Å²) >= 11 is 0. The number of anilines is 2. The van der Waals surface area contributed by atoms with Gasteiger partial charge >= 0.3 is 6.03 Å². The number of para-hydroxylation sites is 1. The van der Waals surface area contributed by atoms with Crippen LogP contribution < -0.4 is 15.5 Å². The molecule has 0 radical (unpaired) electrons. The van der Waals surface area contributed by atoms with Crippen LogP contribution in [0.15, 0.2) is 30.3 Å². The van der Waals surface area contributed by atoms with Crippen molar-refractivity contribution in [3.63, 3.8) is 0 Å². The molecule has 0 bridgehead atoms. The smallest absolute Gasteiger partial charge is 0.317 e. The Morgan fingerprint density at radius 2 is 1.85 bits per heavy atom. The highest BCUT2D eigenvalue weighted by atomic mass is 16.2. The molecule has 2 heterocycles. The van der Waals surface area contributed by atoms with Gasteiger partial charge in [-0.2, -0.15) is 4.98 Å². The first kappa shape index (κ1) is 18.7. The van der Waals surface area contributed by atoms with Gasteiger partial charge in [0.25, 0.3) is 0 Å². The first-order valence-electron chi connectivity index (χ1n) is 9.08. The molecule has 1 aliphatic rings. The van der Waals surface area contributed by atoms with E-state index >= 15 is 0 Å². The summed E-state index contributed by atoms with van der Waals surface area (Å²) in [6.07, 6.45) is 0. The zero-order valence-electron chi connectivity index (χ0n) is 15.6. The largest absolute Gasteiger partial charge is 0.368 e. The summed E-state index contributed by atoms with van der Waals surface area (Å²) in [5, 5.41) is 11.9. The minimum Gasteiger partial charge on any atom is -0.368 e. The summed E-state index contributed by atoms with van der Waals surface area (Å²) in [7, 11) is 0. The van der Waals surface area contributed by atoms with Crippen molar-refractivity contribution >= 4 is 23.6 Å². The van der Waals surface area contributed by atoms with E-state index in [-0.39, 0.29) is 30.3 Å². The minimum atomic E-state index is -0.361. The number of carbonyl (C=O) groups is 2. The Morgan fingerprint density at radius 1 is 1.15 bits per heavy atom. The Labute approximate surface area is 158 Å². The highest BCUT2D eigenvalue weighted by molar-refractivity contribution is 5.92. The number of H-pyrrole nitrogens is 1. The van der Waals surface area contributed by atoms with Gasteiger partial charge in [-0.3, -0.25) is 15.2 Å². The molecule has 0 atom stereocenters. The van der Waals surface area contributed by atoms with E-state index in [1.54, 1.807) is 4.90 Å². The Hall–Kier alpha value is -3.10. The molecule has 3 rings (SSSR count). The average molecular weight is 371 g/mol. The van der Waals surface area contributed by atoms with E-state index in [0.717, 1.165) is 18.8 Å². The topological polar surface area (TPSA) is 106 Å². The van der Waals surface area contributed by atoms with Crippen molar-refractivity contribution in [3.8, 4) is 0 Å². The molecule has 27 heavy (non-hydrogen) atoms. The standard InChI is InChI=1S/C18H25N7O2/c1-13(2)16-21-17(23-22-16)20-15(26)12-19-18(27)25-10-8-24(9-11-25)14-6-4-3-5-7-14/h3-7,13H,8-12H2,1-2H3,(H,19,27)(H2,20,21,22,23,26). The van der Waals surface area contributed by atoms with E-state index in [1.807, 2.05) is 32.0 Å². The third-order valence-corrected chi connectivity index (χ3v) is 4.39. The van der Waals surface area contributed by atoms with Crippen LogP contribution in [0.5, 0.6) is 0 Å². The van der Waals surface area contributed by atoms with E-state index in [9.17, 15) is 9.59 Å². The summed E-state index contributed by atoms with van der Waals surface area (Å²) in [6, 6.07) is 9.88. The molecule has 0 unspecified atom stereocenters. The molecule has 1 aromatic carbocycles. The molecule has 3 amide bonds. The zero-order valence-corrected chi connectivity index (χ0v) is 15.6. The number of hydrogen-bond acceptors (Lipinski definition) is 5. The number of nitrogens with one attached hydrogen (secondary N) is 3. The number of amides is 3. The van der Waals surface area contributed by atoms with Gasteiger partial charge in [0.15, 0.2) is 0 Å². The second-order valence-corrected chi connectivity index (χ2v) is 6.72. The molecule has 0 saturated carbocycles. The van der Waals surface area contributed by atoms with Gasteiger partial charge in [0.1, 0.15) is 5.82 Å². The second kappa shape index (κ2) is 8.52. The van der Waals surface area contributed by atoms with Gasteiger partial charge in [-0.1, -0.05) is 32.0 Å². The summed E-state index contributed by atoms with van der Waals surface area (Å²) in [5.41, 5.74) is 1.16. The van der Waals surface area contributed by atoms with E-state index in [2.05, 4.69) is 42.8 Å². The minimum absolute atomic E-state index is 0.122. The van der Waals surface area contributed by atoms with Gasteiger partial charge in [-0.05, 0) is 12.1 Å². The Bertz CT molecular complexity index is 767. The fourth-order valence-corrected chi connectivity index (χ4v) is 2.83. The van der Waals surface area contributed by atoms with Crippen molar-refractivity contribution in [1.29, 1.82) is 0 Å². The molecule has 1 aliphatic heterocycles. The van der Waals surface area contributed by atoms with Crippen LogP contribution in [0.2, 0.25) is 0 Å². The number of aromatic amines is 1. The van der Waals surface area contributed by atoms with Gasteiger partial charge in [0.05, 0.1) is 6.54 Å². The molecule has 2 aromatic rings. The third kappa shape index (κ3) is 4.96. The molecule has 1 saturated heterocycles. The van der Waals surface area contributed by atoms with Crippen LogP contribution in [0, 0.1) is 0 Å². The van der Waals surface area contributed by atoms with Crippen molar-refractivity contribution in [1.82, 2.24) is 25.4 Å². The maximum Gasteiger partial charge on any atom is 0.317 e. The Morgan fingerprint density at radius 3 is 2.48 bits per heavy atom. The molecular formula is C18H25N7O2. The molecule has 144 valence electrons. The Kier molecular flexibility index (Phi) is 5.90. The van der Waals surface area contributed by atoms with Gasteiger partial charge < -0.3 is 15.1 Å². The number of urea groups is 1. The maximum absolute atomic E-state index is 12.3. The summed E-state index contributed by atoms with van der Waals surface area (Å²) in [5.74, 6) is 0.748. The lowest BCUT2D eigenvalue weighted by atomic mass is 10.2. The number of piperazine rings is 1. The van der Waals surface area contributed by atoms with Crippen molar-refractivity contribution in [2.24, 2.45) is 0 Å². The highest BCUT2D eigenvalue weighted by Crippen LogP contribution is 2.15. The van der Waals surface area contributed by atoms with E-state index in [0.29, 0.717) is 18.9 Å². The molecule has 9 heteroatoms. The number of nitrogens with zero attached hydrogens (tertiary/aromatic N) is 4. The van der Waals surface area contributed by atoms with Gasteiger partial charge in [-0.15, -0.1) is 5.10 Å². The van der Waals surface area contributed by atoms with Crippen molar-refractivity contribution in [2.45, 2.75) is 19.8 Å². The van der Waals surface area contributed by atoms with Crippen LogP contribution in [0.1, 0.15) is 25.6 Å². The van der Waals surface area contributed by atoms with Crippen LogP contribution in [0.4, 0.5) is 16.4 Å². The van der Waals surface area contributed by atoms with Crippen molar-refractivity contribution in [2.75, 3.05) is 42.9 Å². The number of rotatable bonds is 5. The lowest BCUT2D eigenvalue weighted by Gasteiger charge is -2.36. The van der Waals surface area contributed by atoms with Crippen LogP contribution in [-0.4, -0.2) is 64.7 Å². The number of hydrogen-bond donors (Lipinski definition) is 3. The third-order valence-electron chi connectivity index (χ3n) is 4.39. The number of benzene rings is 1. The van der Waals surface area contributed by atoms with Crippen LogP contribution in [-0.2, 0) is 4.79 Å². The summed E-state index contributed by atoms with van der Waals surface area (Å²) < 4.78 is 0. The summed E-state index contributed by atoms with van der Waals surface area (Å²) in [4.78, 5) is 32.4. The van der Waals surface area contributed by atoms with Gasteiger partial charge in [0, 0.05) is 37.8 Å². The molecule has 0 aliphatic carbocycles. The predicted molar refractivity (Wildman–Crippen MR) is 103 cm³/mol. The fraction of sp³-hybridized carbons (Fsp3) is 0.444. The molecule has 9 nitrogen and oxygen atoms in total. The lowest BCUT2D eigenvalue weighted by Crippen LogP contribution is -2.52. The molecule has 1 fully saturated rings. The van der Waals surface area contributed by atoms with Gasteiger partial charge in [0.2, 0.25) is 11.9 Å². The lowest BCUT2D eigenvalue weighted by molar-refractivity contribution is -0.115. The van der Waals surface area contributed by atoms with Crippen LogP contribution in [0.25, 0.3) is 0 Å². The molecule has 1 aromatic heterocycles. The molecule has 3 N–H and O–H groups in total. The monoisotopic (exact) mass is 371 g/mol. The fourth-order valence-electron chi connectivity index (χ4n) is 2.83. The van der Waals surface area contributed by atoms with E-state index in [4.69, 9.17) is 0 Å². The van der Waals surface area contributed by atoms with Crippen molar-refractivity contribution < 1.29 is 9.59 Å². The average Bonchev–Trinajstić information content (AvgIpc) is 3.16. The maximum atomic E-state index is 12.3. The zero-order chi connectivity index (χ0) is 19.2. The SMILES string of the molecule is CC(C)c1nc(NC(=O)CNC(=O)N2CCN(c3ccccc3)CC2)n[nH]1. The second-order valence-electron chi connectivity index (χ2n) is 6.72. The Balaban J connectivity index is 1.41. The molecule has 0 spiro atoms. The normalized spacial score (nSPS) is 14.3. The van der Waals surface area contributed by atoms with E-state index in [1.165, 1.54) is 0 Å². The quantitative estimate of drug-likeness (QED) is 0.737.